The summed E-state index contributed by atoms with van der Waals surface area (Å²) in [5.74, 6) is 0.942. The maximum atomic E-state index is 12.8. The zero-order valence-corrected chi connectivity index (χ0v) is 13.4. The van der Waals surface area contributed by atoms with Crippen LogP contribution < -0.4 is 5.56 Å². The van der Waals surface area contributed by atoms with Gasteiger partial charge in [0.2, 0.25) is 0 Å². The van der Waals surface area contributed by atoms with Crippen molar-refractivity contribution < 1.29 is 4.74 Å². The number of benzene rings is 1. The number of methoxy groups -OCH3 is 1. The second-order valence-electron chi connectivity index (χ2n) is 5.20. The zero-order valence-electron chi connectivity index (χ0n) is 12.7. The van der Waals surface area contributed by atoms with Crippen molar-refractivity contribution in [3.8, 4) is 5.69 Å². The molecular weight excluding hydrogens is 330 g/mol. The average Bonchev–Trinajstić information content (AvgIpc) is 2.99. The van der Waals surface area contributed by atoms with Gasteiger partial charge in [0, 0.05) is 30.2 Å². The smallest absolute Gasteiger partial charge is 0.266 e. The van der Waals surface area contributed by atoms with Crippen molar-refractivity contribution in [2.45, 2.75) is 6.61 Å². The number of hydrogen-bond donors (Lipinski definition) is 0. The molecule has 0 amide bonds. The Labute approximate surface area is 141 Å². The Bertz CT molecular complexity index is 1100. The summed E-state index contributed by atoms with van der Waals surface area (Å²) in [6, 6.07) is 8.86. The van der Waals surface area contributed by atoms with Crippen molar-refractivity contribution in [1.29, 1.82) is 0 Å². The molecule has 0 saturated heterocycles. The number of halogens is 1. The monoisotopic (exact) mass is 341 g/mol. The molecule has 0 aliphatic carbocycles. The van der Waals surface area contributed by atoms with Gasteiger partial charge in [0.25, 0.3) is 11.3 Å². The lowest BCUT2D eigenvalue weighted by Gasteiger charge is -2.07. The molecule has 0 radical (unpaired) electrons. The zero-order chi connectivity index (χ0) is 16.7. The van der Waals surface area contributed by atoms with E-state index in [9.17, 15) is 4.79 Å². The number of ether oxygens (including phenoxy) is 1. The Balaban J connectivity index is 1.94. The summed E-state index contributed by atoms with van der Waals surface area (Å²) >= 11 is 5.90. The third kappa shape index (κ3) is 2.34. The molecule has 0 unspecified atom stereocenters. The van der Waals surface area contributed by atoms with E-state index in [1.165, 1.54) is 6.20 Å². The van der Waals surface area contributed by atoms with Crippen LogP contribution in [0.1, 0.15) is 5.82 Å². The summed E-state index contributed by atoms with van der Waals surface area (Å²) in [5, 5.41) is 5.41. The van der Waals surface area contributed by atoms with E-state index in [-0.39, 0.29) is 12.2 Å². The number of pyridine rings is 1. The van der Waals surface area contributed by atoms with Gasteiger partial charge in [-0.25, -0.2) is 4.98 Å². The number of aromatic nitrogens is 5. The Hall–Kier alpha value is -2.77. The third-order valence-electron chi connectivity index (χ3n) is 3.66. The SMILES string of the molecule is COCc1nc2ncc3c(=O)n(-c4ccc(Cl)cc4)ccc3n2n1. The van der Waals surface area contributed by atoms with Crippen molar-refractivity contribution in [1.82, 2.24) is 24.1 Å². The van der Waals surface area contributed by atoms with E-state index in [0.717, 1.165) is 5.69 Å². The first kappa shape index (κ1) is 14.8. The van der Waals surface area contributed by atoms with E-state index in [1.807, 2.05) is 6.07 Å². The normalized spacial score (nSPS) is 11.4. The van der Waals surface area contributed by atoms with E-state index >= 15 is 0 Å². The van der Waals surface area contributed by atoms with Gasteiger partial charge in [-0.05, 0) is 30.3 Å². The largest absolute Gasteiger partial charge is 0.377 e. The van der Waals surface area contributed by atoms with Gasteiger partial charge in [0.15, 0.2) is 5.82 Å². The molecule has 0 bridgehead atoms. The molecule has 8 heteroatoms. The molecule has 24 heavy (non-hydrogen) atoms. The lowest BCUT2D eigenvalue weighted by Crippen LogP contribution is -2.18. The molecule has 0 spiro atoms. The fourth-order valence-electron chi connectivity index (χ4n) is 2.56. The van der Waals surface area contributed by atoms with Crippen molar-refractivity contribution >= 4 is 28.3 Å². The van der Waals surface area contributed by atoms with Crippen molar-refractivity contribution in [3.05, 3.63) is 63.9 Å². The van der Waals surface area contributed by atoms with Gasteiger partial charge in [-0.1, -0.05) is 11.6 Å². The Morgan fingerprint density at radius 3 is 2.75 bits per heavy atom. The van der Waals surface area contributed by atoms with E-state index in [0.29, 0.717) is 27.5 Å². The summed E-state index contributed by atoms with van der Waals surface area (Å²) in [6.45, 7) is 0.284. The third-order valence-corrected chi connectivity index (χ3v) is 3.91. The molecule has 4 aromatic rings. The molecule has 0 N–H and O–H groups in total. The molecule has 0 aliphatic rings. The summed E-state index contributed by atoms with van der Waals surface area (Å²) in [4.78, 5) is 21.3. The molecule has 4 rings (SSSR count). The highest BCUT2D eigenvalue weighted by Crippen LogP contribution is 2.15. The van der Waals surface area contributed by atoms with Crippen molar-refractivity contribution in [3.63, 3.8) is 0 Å². The molecule has 3 aromatic heterocycles. The summed E-state index contributed by atoms with van der Waals surface area (Å²) < 4.78 is 8.13. The summed E-state index contributed by atoms with van der Waals surface area (Å²) in [7, 11) is 1.57. The van der Waals surface area contributed by atoms with Gasteiger partial charge in [-0.3, -0.25) is 9.36 Å². The van der Waals surface area contributed by atoms with Crippen LogP contribution >= 0.6 is 11.6 Å². The predicted molar refractivity (Wildman–Crippen MR) is 89.6 cm³/mol. The van der Waals surface area contributed by atoms with E-state index in [1.54, 1.807) is 46.7 Å². The topological polar surface area (TPSA) is 74.3 Å². The first-order valence-electron chi connectivity index (χ1n) is 7.18. The highest BCUT2D eigenvalue weighted by atomic mass is 35.5. The van der Waals surface area contributed by atoms with Crippen molar-refractivity contribution in [2.24, 2.45) is 0 Å². The van der Waals surface area contributed by atoms with Crippen LogP contribution in [0.2, 0.25) is 5.02 Å². The van der Waals surface area contributed by atoms with Gasteiger partial charge in [-0.15, -0.1) is 5.10 Å². The fraction of sp³-hybridized carbons (Fsp3) is 0.125. The van der Waals surface area contributed by atoms with Crippen LogP contribution in [0.15, 0.2) is 47.5 Å². The van der Waals surface area contributed by atoms with Crippen LogP contribution in [0.25, 0.3) is 22.4 Å². The minimum Gasteiger partial charge on any atom is -0.377 e. The van der Waals surface area contributed by atoms with Crippen LogP contribution in [0.3, 0.4) is 0 Å². The maximum Gasteiger partial charge on any atom is 0.266 e. The molecule has 1 aromatic carbocycles. The number of hydrogen-bond acceptors (Lipinski definition) is 5. The summed E-state index contributed by atoms with van der Waals surface area (Å²) in [6.07, 6.45) is 3.22. The highest BCUT2D eigenvalue weighted by molar-refractivity contribution is 6.30. The van der Waals surface area contributed by atoms with E-state index in [4.69, 9.17) is 16.3 Å². The quantitative estimate of drug-likeness (QED) is 0.571. The molecule has 0 atom stereocenters. The minimum absolute atomic E-state index is 0.187. The van der Waals surface area contributed by atoms with Crippen LogP contribution in [0.4, 0.5) is 0 Å². The van der Waals surface area contributed by atoms with Gasteiger partial charge in [0.1, 0.15) is 6.61 Å². The first-order valence-corrected chi connectivity index (χ1v) is 7.56. The van der Waals surface area contributed by atoms with Crippen LogP contribution in [0, 0.1) is 0 Å². The molecule has 120 valence electrons. The van der Waals surface area contributed by atoms with Crippen LogP contribution in [0.5, 0.6) is 0 Å². The predicted octanol–water partition coefficient (Wildman–Crippen LogP) is 2.23. The second-order valence-corrected chi connectivity index (χ2v) is 5.63. The molecule has 0 fully saturated rings. The van der Waals surface area contributed by atoms with Crippen molar-refractivity contribution in [2.75, 3.05) is 7.11 Å². The second kappa shape index (κ2) is 5.70. The minimum atomic E-state index is -0.187. The average molecular weight is 342 g/mol. The Kier molecular flexibility index (Phi) is 3.51. The lowest BCUT2D eigenvalue weighted by molar-refractivity contribution is 0.178. The van der Waals surface area contributed by atoms with E-state index < -0.39 is 0 Å². The van der Waals surface area contributed by atoms with Crippen LogP contribution in [-0.4, -0.2) is 31.3 Å². The molecule has 0 aliphatic heterocycles. The number of rotatable bonds is 3. The van der Waals surface area contributed by atoms with Gasteiger partial charge in [-0.2, -0.15) is 9.50 Å². The standard InChI is InChI=1S/C16H12ClN5O2/c1-24-9-14-19-16-18-8-12-13(22(16)20-14)6-7-21(15(12)23)11-4-2-10(17)3-5-11/h2-8H,9H2,1H3. The van der Waals surface area contributed by atoms with Gasteiger partial charge in [0.05, 0.1) is 10.9 Å². The summed E-state index contributed by atoms with van der Waals surface area (Å²) in [5.41, 5.74) is 1.18. The van der Waals surface area contributed by atoms with Gasteiger partial charge >= 0.3 is 0 Å². The first-order chi connectivity index (χ1) is 11.7. The fourth-order valence-corrected chi connectivity index (χ4v) is 2.68. The highest BCUT2D eigenvalue weighted by Gasteiger charge is 2.12. The molecule has 0 saturated carbocycles. The van der Waals surface area contributed by atoms with Crippen LogP contribution in [-0.2, 0) is 11.3 Å². The van der Waals surface area contributed by atoms with E-state index in [2.05, 4.69) is 15.1 Å². The Morgan fingerprint density at radius 1 is 1.21 bits per heavy atom. The molecular formula is C16H12ClN5O2. The number of fused-ring (bicyclic) bond motifs is 3. The number of nitrogens with zero attached hydrogens (tertiary/aromatic N) is 5. The van der Waals surface area contributed by atoms with Gasteiger partial charge < -0.3 is 4.74 Å². The Morgan fingerprint density at radius 2 is 2.00 bits per heavy atom. The molecule has 7 nitrogen and oxygen atoms in total. The molecule has 3 heterocycles. The lowest BCUT2D eigenvalue weighted by atomic mass is 10.2. The maximum absolute atomic E-state index is 12.8.